The Balaban J connectivity index is 2.03. The molecule has 1 aliphatic rings. The van der Waals surface area contributed by atoms with Crippen molar-refractivity contribution in [3.63, 3.8) is 0 Å². The van der Waals surface area contributed by atoms with Crippen molar-refractivity contribution < 1.29 is 9.13 Å². The minimum Gasteiger partial charge on any atom is -0.493 e. The van der Waals surface area contributed by atoms with E-state index in [0.717, 1.165) is 18.4 Å². The zero-order valence-electron chi connectivity index (χ0n) is 10.3. The van der Waals surface area contributed by atoms with Crippen LogP contribution >= 0.6 is 0 Å². The molecule has 3 nitrogen and oxygen atoms in total. The number of nitriles is 1. The number of nitrogens with two attached hydrogens (primary N) is 1. The Morgan fingerprint density at radius 3 is 2.83 bits per heavy atom. The smallest absolute Gasteiger partial charge is 0.123 e. The van der Waals surface area contributed by atoms with E-state index in [1.807, 2.05) is 0 Å². The van der Waals surface area contributed by atoms with Gasteiger partial charge < -0.3 is 10.5 Å². The third-order valence-electron chi connectivity index (χ3n) is 3.38. The van der Waals surface area contributed by atoms with E-state index in [1.165, 1.54) is 12.1 Å². The molecule has 1 aromatic rings. The van der Waals surface area contributed by atoms with E-state index in [0.29, 0.717) is 31.7 Å². The van der Waals surface area contributed by atoms with E-state index in [-0.39, 0.29) is 11.2 Å². The number of halogens is 1. The highest BCUT2D eigenvalue weighted by molar-refractivity contribution is 5.34. The molecule has 0 bridgehead atoms. The Labute approximate surface area is 106 Å². The SMILES string of the molecule is N#CCC1(COc2ccc(F)cc2CCN)CC1. The van der Waals surface area contributed by atoms with Crippen LogP contribution in [0.1, 0.15) is 24.8 Å². The summed E-state index contributed by atoms with van der Waals surface area (Å²) < 4.78 is 18.9. The van der Waals surface area contributed by atoms with E-state index < -0.39 is 0 Å². The quantitative estimate of drug-likeness (QED) is 0.841. The molecule has 2 N–H and O–H groups in total. The Bertz CT molecular complexity index is 463. The van der Waals surface area contributed by atoms with Crippen molar-refractivity contribution in [2.75, 3.05) is 13.2 Å². The lowest BCUT2D eigenvalue weighted by atomic mass is 10.1. The van der Waals surface area contributed by atoms with Gasteiger partial charge in [0.1, 0.15) is 11.6 Å². The van der Waals surface area contributed by atoms with Crippen molar-refractivity contribution in [1.82, 2.24) is 0 Å². The van der Waals surface area contributed by atoms with Crippen molar-refractivity contribution in [2.45, 2.75) is 25.7 Å². The standard InChI is InChI=1S/C14H17FN2O/c15-12-1-2-13(11(9-12)3-7-16)18-10-14(4-5-14)6-8-17/h1-2,9H,3-7,10,16H2. The van der Waals surface area contributed by atoms with Gasteiger partial charge in [0.15, 0.2) is 0 Å². The molecule has 0 spiro atoms. The highest BCUT2D eigenvalue weighted by Gasteiger charge is 2.43. The average Bonchev–Trinajstić information content (AvgIpc) is 3.09. The zero-order valence-corrected chi connectivity index (χ0v) is 10.3. The van der Waals surface area contributed by atoms with E-state index in [4.69, 9.17) is 15.7 Å². The monoisotopic (exact) mass is 248 g/mol. The molecule has 4 heteroatoms. The normalized spacial score (nSPS) is 16.1. The van der Waals surface area contributed by atoms with Crippen molar-refractivity contribution in [1.29, 1.82) is 5.26 Å². The van der Waals surface area contributed by atoms with Crippen molar-refractivity contribution in [2.24, 2.45) is 11.1 Å². The molecule has 0 aromatic heterocycles. The van der Waals surface area contributed by atoms with Gasteiger partial charge in [-0.2, -0.15) is 5.26 Å². The van der Waals surface area contributed by atoms with Gasteiger partial charge in [-0.05, 0) is 49.6 Å². The van der Waals surface area contributed by atoms with E-state index in [1.54, 1.807) is 6.07 Å². The predicted octanol–water partition coefficient (Wildman–Crippen LogP) is 2.40. The Kier molecular flexibility index (Phi) is 3.83. The number of ether oxygens (including phenoxy) is 1. The van der Waals surface area contributed by atoms with Crippen LogP contribution in [0.25, 0.3) is 0 Å². The Hall–Kier alpha value is -1.60. The van der Waals surface area contributed by atoms with E-state index in [2.05, 4.69) is 6.07 Å². The first kappa shape index (κ1) is 12.8. The largest absolute Gasteiger partial charge is 0.493 e. The van der Waals surface area contributed by atoms with Crippen molar-refractivity contribution >= 4 is 0 Å². The molecule has 1 fully saturated rings. The summed E-state index contributed by atoms with van der Waals surface area (Å²) in [6, 6.07) is 6.69. The maximum Gasteiger partial charge on any atom is 0.123 e. The van der Waals surface area contributed by atoms with Crippen LogP contribution in [0.4, 0.5) is 4.39 Å². The first-order valence-electron chi connectivity index (χ1n) is 6.17. The second kappa shape index (κ2) is 5.36. The fourth-order valence-corrected chi connectivity index (χ4v) is 1.99. The van der Waals surface area contributed by atoms with Gasteiger partial charge in [0.05, 0.1) is 12.7 Å². The minimum atomic E-state index is -0.274. The molecular weight excluding hydrogens is 231 g/mol. The van der Waals surface area contributed by atoms with Crippen LogP contribution in [-0.2, 0) is 6.42 Å². The fourth-order valence-electron chi connectivity index (χ4n) is 1.99. The maximum absolute atomic E-state index is 13.1. The van der Waals surface area contributed by atoms with Gasteiger partial charge in [0.25, 0.3) is 0 Å². The third kappa shape index (κ3) is 2.99. The van der Waals surface area contributed by atoms with Crippen LogP contribution in [-0.4, -0.2) is 13.2 Å². The molecule has 96 valence electrons. The number of rotatable bonds is 6. The van der Waals surface area contributed by atoms with Gasteiger partial charge in [-0.1, -0.05) is 0 Å². The van der Waals surface area contributed by atoms with Crippen LogP contribution in [0.2, 0.25) is 0 Å². The molecule has 2 rings (SSSR count). The number of benzene rings is 1. The molecule has 18 heavy (non-hydrogen) atoms. The third-order valence-corrected chi connectivity index (χ3v) is 3.38. The van der Waals surface area contributed by atoms with Crippen LogP contribution in [0.3, 0.4) is 0 Å². The van der Waals surface area contributed by atoms with Crippen molar-refractivity contribution in [3.8, 4) is 11.8 Å². The summed E-state index contributed by atoms with van der Waals surface area (Å²) in [5, 5.41) is 8.74. The van der Waals surface area contributed by atoms with Gasteiger partial charge in [-0.25, -0.2) is 4.39 Å². The average molecular weight is 248 g/mol. The molecule has 0 amide bonds. The lowest BCUT2D eigenvalue weighted by Crippen LogP contribution is -2.14. The van der Waals surface area contributed by atoms with Crippen LogP contribution in [0.5, 0.6) is 5.75 Å². The number of nitrogens with zero attached hydrogens (tertiary/aromatic N) is 1. The predicted molar refractivity (Wildman–Crippen MR) is 66.6 cm³/mol. The molecule has 0 atom stereocenters. The van der Waals surface area contributed by atoms with Crippen molar-refractivity contribution in [3.05, 3.63) is 29.6 Å². The summed E-state index contributed by atoms with van der Waals surface area (Å²) in [5.74, 6) is 0.412. The van der Waals surface area contributed by atoms with E-state index in [9.17, 15) is 4.39 Å². The Morgan fingerprint density at radius 2 is 2.22 bits per heavy atom. The summed E-state index contributed by atoms with van der Waals surface area (Å²) in [6.45, 7) is 0.993. The topological polar surface area (TPSA) is 59.0 Å². The fraction of sp³-hybridized carbons (Fsp3) is 0.500. The summed E-state index contributed by atoms with van der Waals surface area (Å²) in [5.41, 5.74) is 6.33. The maximum atomic E-state index is 13.1. The van der Waals surface area contributed by atoms with E-state index >= 15 is 0 Å². The lowest BCUT2D eigenvalue weighted by molar-refractivity contribution is 0.234. The second-order valence-electron chi connectivity index (χ2n) is 4.91. The zero-order chi connectivity index (χ0) is 13.0. The van der Waals surface area contributed by atoms with Gasteiger partial charge in [-0.3, -0.25) is 0 Å². The summed E-state index contributed by atoms with van der Waals surface area (Å²) in [7, 11) is 0. The summed E-state index contributed by atoms with van der Waals surface area (Å²) in [6.07, 6.45) is 3.20. The molecule has 0 unspecified atom stereocenters. The highest BCUT2D eigenvalue weighted by Crippen LogP contribution is 2.48. The molecular formula is C14H17FN2O. The summed E-state index contributed by atoms with van der Waals surface area (Å²) >= 11 is 0. The van der Waals surface area contributed by atoms with Crippen LogP contribution in [0, 0.1) is 22.6 Å². The number of hydrogen-bond donors (Lipinski definition) is 1. The number of hydrogen-bond acceptors (Lipinski definition) is 3. The van der Waals surface area contributed by atoms with Crippen LogP contribution in [0.15, 0.2) is 18.2 Å². The first-order chi connectivity index (χ1) is 8.69. The van der Waals surface area contributed by atoms with Crippen LogP contribution < -0.4 is 10.5 Å². The molecule has 1 aliphatic carbocycles. The molecule has 1 saturated carbocycles. The molecule has 0 saturated heterocycles. The van der Waals surface area contributed by atoms with Gasteiger partial charge in [-0.15, -0.1) is 0 Å². The van der Waals surface area contributed by atoms with Gasteiger partial charge in [0, 0.05) is 11.8 Å². The highest BCUT2D eigenvalue weighted by atomic mass is 19.1. The minimum absolute atomic E-state index is 0.0309. The lowest BCUT2D eigenvalue weighted by Gasteiger charge is -2.15. The van der Waals surface area contributed by atoms with Gasteiger partial charge >= 0.3 is 0 Å². The molecule has 0 heterocycles. The molecule has 0 radical (unpaired) electrons. The van der Waals surface area contributed by atoms with Gasteiger partial charge in [0.2, 0.25) is 0 Å². The second-order valence-corrected chi connectivity index (χ2v) is 4.91. The Morgan fingerprint density at radius 1 is 1.44 bits per heavy atom. The molecule has 1 aromatic carbocycles. The summed E-state index contributed by atoms with van der Waals surface area (Å²) in [4.78, 5) is 0. The molecule has 0 aliphatic heterocycles. The first-order valence-corrected chi connectivity index (χ1v) is 6.17.